The van der Waals surface area contributed by atoms with Crippen molar-refractivity contribution in [3.05, 3.63) is 33.3 Å². The van der Waals surface area contributed by atoms with Crippen LogP contribution in [0.25, 0.3) is 0 Å². The minimum Gasteiger partial charge on any atom is -0.395 e. The largest absolute Gasteiger partial charge is 0.395 e. The SMILES string of the molecule is CC(C)(CO)c1cc(Br)ccc1Cl. The molecule has 0 saturated heterocycles. The minimum atomic E-state index is -0.291. The third-order valence-corrected chi connectivity index (χ3v) is 2.88. The average molecular weight is 264 g/mol. The Morgan fingerprint density at radius 3 is 2.62 bits per heavy atom. The molecule has 1 N–H and O–H groups in total. The molecule has 0 radical (unpaired) electrons. The third kappa shape index (κ3) is 2.46. The van der Waals surface area contributed by atoms with Crippen molar-refractivity contribution in [3.8, 4) is 0 Å². The molecule has 13 heavy (non-hydrogen) atoms. The number of hydrogen-bond acceptors (Lipinski definition) is 1. The van der Waals surface area contributed by atoms with Crippen molar-refractivity contribution in [2.24, 2.45) is 0 Å². The van der Waals surface area contributed by atoms with Crippen molar-refractivity contribution < 1.29 is 5.11 Å². The smallest absolute Gasteiger partial charge is 0.0523 e. The first kappa shape index (κ1) is 11.0. The molecule has 0 bridgehead atoms. The van der Waals surface area contributed by atoms with E-state index in [-0.39, 0.29) is 12.0 Å². The standard InChI is InChI=1S/C10H12BrClO/c1-10(2,6-13)8-5-7(11)3-4-9(8)12/h3-5,13H,6H2,1-2H3. The molecular weight excluding hydrogens is 251 g/mol. The van der Waals surface area contributed by atoms with Gasteiger partial charge in [0.1, 0.15) is 0 Å². The summed E-state index contributed by atoms with van der Waals surface area (Å²) in [5.74, 6) is 0. The number of rotatable bonds is 2. The molecule has 1 aromatic rings. The monoisotopic (exact) mass is 262 g/mol. The van der Waals surface area contributed by atoms with E-state index in [0.29, 0.717) is 5.02 Å². The Bertz CT molecular complexity index is 310. The van der Waals surface area contributed by atoms with Gasteiger partial charge in [0.05, 0.1) is 6.61 Å². The van der Waals surface area contributed by atoms with Crippen LogP contribution in [0.2, 0.25) is 5.02 Å². The molecule has 0 saturated carbocycles. The second-order valence-electron chi connectivity index (χ2n) is 3.67. The van der Waals surface area contributed by atoms with Gasteiger partial charge in [0.15, 0.2) is 0 Å². The van der Waals surface area contributed by atoms with Crippen molar-refractivity contribution in [2.45, 2.75) is 19.3 Å². The zero-order valence-corrected chi connectivity index (χ0v) is 9.98. The average Bonchev–Trinajstić information content (AvgIpc) is 2.09. The quantitative estimate of drug-likeness (QED) is 0.867. The predicted octanol–water partition coefficient (Wildman–Crippen LogP) is 3.37. The van der Waals surface area contributed by atoms with E-state index < -0.39 is 0 Å². The summed E-state index contributed by atoms with van der Waals surface area (Å²) in [5.41, 5.74) is 0.673. The van der Waals surface area contributed by atoms with Crippen LogP contribution in [0, 0.1) is 0 Å². The van der Waals surface area contributed by atoms with Gasteiger partial charge in [0, 0.05) is 14.9 Å². The summed E-state index contributed by atoms with van der Waals surface area (Å²) in [5, 5.41) is 9.89. The topological polar surface area (TPSA) is 20.2 Å². The molecule has 0 aliphatic rings. The summed E-state index contributed by atoms with van der Waals surface area (Å²) in [6, 6.07) is 5.66. The predicted molar refractivity (Wildman–Crippen MR) is 59.3 cm³/mol. The highest BCUT2D eigenvalue weighted by Gasteiger charge is 2.22. The number of benzene rings is 1. The van der Waals surface area contributed by atoms with E-state index in [0.717, 1.165) is 10.0 Å². The minimum absolute atomic E-state index is 0.0865. The van der Waals surface area contributed by atoms with E-state index in [1.807, 2.05) is 32.0 Å². The van der Waals surface area contributed by atoms with Gasteiger partial charge in [-0.05, 0) is 23.8 Å². The lowest BCUT2D eigenvalue weighted by molar-refractivity contribution is 0.218. The van der Waals surface area contributed by atoms with Crippen LogP contribution >= 0.6 is 27.5 Å². The molecule has 0 unspecified atom stereocenters. The second-order valence-corrected chi connectivity index (χ2v) is 4.99. The fourth-order valence-electron chi connectivity index (χ4n) is 1.10. The van der Waals surface area contributed by atoms with Gasteiger partial charge >= 0.3 is 0 Å². The Labute approximate surface area is 91.9 Å². The summed E-state index contributed by atoms with van der Waals surface area (Å²) in [7, 11) is 0. The van der Waals surface area contributed by atoms with Crippen LogP contribution in [-0.4, -0.2) is 11.7 Å². The number of aliphatic hydroxyl groups is 1. The Balaban J connectivity index is 3.20. The Kier molecular flexibility index (Phi) is 3.38. The lowest BCUT2D eigenvalue weighted by Gasteiger charge is -2.23. The molecule has 0 spiro atoms. The first-order valence-corrected chi connectivity index (χ1v) is 5.21. The molecule has 1 nitrogen and oxygen atoms in total. The summed E-state index contributed by atoms with van der Waals surface area (Å²) in [6.07, 6.45) is 0. The molecule has 1 rings (SSSR count). The summed E-state index contributed by atoms with van der Waals surface area (Å²) < 4.78 is 0.980. The number of hydrogen-bond donors (Lipinski definition) is 1. The van der Waals surface area contributed by atoms with Gasteiger partial charge in [-0.3, -0.25) is 0 Å². The molecule has 0 atom stereocenters. The molecule has 0 heterocycles. The summed E-state index contributed by atoms with van der Waals surface area (Å²) >= 11 is 9.41. The molecule has 0 aromatic heterocycles. The summed E-state index contributed by atoms with van der Waals surface area (Å²) in [6.45, 7) is 4.00. The van der Waals surface area contributed by atoms with E-state index >= 15 is 0 Å². The highest BCUT2D eigenvalue weighted by atomic mass is 79.9. The first-order valence-electron chi connectivity index (χ1n) is 4.04. The van der Waals surface area contributed by atoms with Crippen LogP contribution in [0.15, 0.2) is 22.7 Å². The van der Waals surface area contributed by atoms with Gasteiger partial charge in [-0.1, -0.05) is 41.4 Å². The Hall–Kier alpha value is -0.0500. The number of halogens is 2. The van der Waals surface area contributed by atoms with Crippen LogP contribution in [0.1, 0.15) is 19.4 Å². The van der Waals surface area contributed by atoms with Crippen molar-refractivity contribution in [1.29, 1.82) is 0 Å². The van der Waals surface area contributed by atoms with Crippen LogP contribution < -0.4 is 0 Å². The highest BCUT2D eigenvalue weighted by molar-refractivity contribution is 9.10. The second kappa shape index (κ2) is 3.99. The molecular formula is C10H12BrClO. The van der Waals surface area contributed by atoms with E-state index in [1.165, 1.54) is 0 Å². The maximum Gasteiger partial charge on any atom is 0.0523 e. The van der Waals surface area contributed by atoms with E-state index in [4.69, 9.17) is 11.6 Å². The van der Waals surface area contributed by atoms with Gasteiger partial charge in [-0.15, -0.1) is 0 Å². The maximum atomic E-state index is 9.19. The van der Waals surface area contributed by atoms with Gasteiger partial charge in [-0.25, -0.2) is 0 Å². The number of aliphatic hydroxyl groups excluding tert-OH is 1. The molecule has 3 heteroatoms. The van der Waals surface area contributed by atoms with Crippen LogP contribution in [0.3, 0.4) is 0 Å². The Morgan fingerprint density at radius 2 is 2.08 bits per heavy atom. The highest BCUT2D eigenvalue weighted by Crippen LogP contribution is 2.31. The van der Waals surface area contributed by atoms with E-state index in [9.17, 15) is 5.11 Å². The molecule has 1 aromatic carbocycles. The van der Waals surface area contributed by atoms with Gasteiger partial charge in [-0.2, -0.15) is 0 Å². The fourth-order valence-corrected chi connectivity index (χ4v) is 1.84. The van der Waals surface area contributed by atoms with Crippen LogP contribution in [0.4, 0.5) is 0 Å². The maximum absolute atomic E-state index is 9.19. The Morgan fingerprint density at radius 1 is 1.46 bits per heavy atom. The van der Waals surface area contributed by atoms with Crippen LogP contribution in [0.5, 0.6) is 0 Å². The van der Waals surface area contributed by atoms with Gasteiger partial charge in [0.25, 0.3) is 0 Å². The zero-order valence-electron chi connectivity index (χ0n) is 7.64. The lowest BCUT2D eigenvalue weighted by Crippen LogP contribution is -2.22. The molecule has 72 valence electrons. The molecule has 0 amide bonds. The summed E-state index contributed by atoms with van der Waals surface area (Å²) in [4.78, 5) is 0. The van der Waals surface area contributed by atoms with Gasteiger partial charge < -0.3 is 5.11 Å². The van der Waals surface area contributed by atoms with Crippen LogP contribution in [-0.2, 0) is 5.41 Å². The zero-order chi connectivity index (χ0) is 10.1. The first-order chi connectivity index (χ1) is 5.97. The molecule has 0 fully saturated rings. The lowest BCUT2D eigenvalue weighted by atomic mass is 9.86. The third-order valence-electron chi connectivity index (χ3n) is 2.05. The molecule has 0 aliphatic heterocycles. The molecule has 0 aliphatic carbocycles. The van der Waals surface area contributed by atoms with Crippen molar-refractivity contribution >= 4 is 27.5 Å². The van der Waals surface area contributed by atoms with Crippen molar-refractivity contribution in [2.75, 3.05) is 6.61 Å². The van der Waals surface area contributed by atoms with Crippen molar-refractivity contribution in [3.63, 3.8) is 0 Å². The van der Waals surface area contributed by atoms with E-state index in [1.54, 1.807) is 0 Å². The van der Waals surface area contributed by atoms with E-state index in [2.05, 4.69) is 15.9 Å². The van der Waals surface area contributed by atoms with Crippen molar-refractivity contribution in [1.82, 2.24) is 0 Å². The van der Waals surface area contributed by atoms with Gasteiger partial charge in [0.2, 0.25) is 0 Å². The normalized spacial score (nSPS) is 11.8. The fraction of sp³-hybridized carbons (Fsp3) is 0.400.